The van der Waals surface area contributed by atoms with Crippen LogP contribution in [0.25, 0.3) is 0 Å². The van der Waals surface area contributed by atoms with Crippen LogP contribution in [0.15, 0.2) is 121 Å². The Morgan fingerprint density at radius 2 is 0.667 bits per heavy atom. The van der Waals surface area contributed by atoms with Gasteiger partial charge in [-0.1, -0.05) is 72.8 Å². The molecule has 0 saturated heterocycles. The zero-order valence-corrected chi connectivity index (χ0v) is 24.5. The molecule has 10 nitrogen and oxygen atoms in total. The van der Waals surface area contributed by atoms with Crippen molar-refractivity contribution in [3.05, 3.63) is 121 Å². The smallest absolute Gasteiger partial charge is 0.446 e. The van der Waals surface area contributed by atoms with E-state index in [1.807, 2.05) is 0 Å². The number of carbonyl (C=O) groups excluding carboxylic acids is 2. The number of carbonyl (C=O) groups is 2. The number of methoxy groups -OCH3 is 2. The molecule has 0 spiro atoms. The number of esters is 2. The van der Waals surface area contributed by atoms with Crippen molar-refractivity contribution in [2.24, 2.45) is 0 Å². The maximum absolute atomic E-state index is 14.9. The highest BCUT2D eigenvalue weighted by atomic mass is 31.2. The van der Waals surface area contributed by atoms with Crippen LogP contribution in [0.4, 0.5) is 0 Å². The minimum absolute atomic E-state index is 0.0390. The van der Waals surface area contributed by atoms with Crippen molar-refractivity contribution in [2.75, 3.05) is 14.2 Å². The van der Waals surface area contributed by atoms with Gasteiger partial charge >= 0.3 is 27.1 Å². The molecule has 0 bridgehead atoms. The normalized spacial score (nSPS) is 12.7. The van der Waals surface area contributed by atoms with Crippen LogP contribution < -0.4 is 18.1 Å². The van der Waals surface area contributed by atoms with E-state index in [0.717, 1.165) is 14.2 Å². The zero-order valence-electron chi connectivity index (χ0n) is 22.7. The summed E-state index contributed by atoms with van der Waals surface area (Å²) >= 11 is 0. The Hall–Kier alpha value is -4.52. The van der Waals surface area contributed by atoms with E-state index in [-0.39, 0.29) is 23.0 Å². The largest absolute Gasteiger partial charge is 0.468 e. The quantitative estimate of drug-likeness (QED) is 0.118. The summed E-state index contributed by atoms with van der Waals surface area (Å²) in [5, 5.41) is 0. The van der Waals surface area contributed by atoms with Crippen molar-refractivity contribution < 1.29 is 46.3 Å². The van der Waals surface area contributed by atoms with Gasteiger partial charge < -0.3 is 27.6 Å². The second kappa shape index (κ2) is 13.9. The van der Waals surface area contributed by atoms with E-state index in [9.17, 15) is 18.7 Å². The van der Waals surface area contributed by atoms with Gasteiger partial charge in [-0.25, -0.2) is 9.13 Å². The van der Waals surface area contributed by atoms with Crippen LogP contribution in [0.3, 0.4) is 0 Å². The van der Waals surface area contributed by atoms with Crippen molar-refractivity contribution in [3.8, 4) is 23.0 Å². The second-order valence-electron chi connectivity index (χ2n) is 8.63. The summed E-state index contributed by atoms with van der Waals surface area (Å²) in [7, 11) is -7.74. The number of benzene rings is 4. The summed E-state index contributed by atoms with van der Waals surface area (Å²) in [6.45, 7) is 0. The molecule has 0 aromatic heterocycles. The summed E-state index contributed by atoms with van der Waals surface area (Å²) in [6, 6.07) is 31.4. The van der Waals surface area contributed by atoms with Crippen molar-refractivity contribution >= 4 is 27.1 Å². The highest BCUT2D eigenvalue weighted by molar-refractivity contribution is 7.61. The van der Waals surface area contributed by atoms with E-state index in [1.54, 1.807) is 72.8 Å². The molecule has 0 heterocycles. The van der Waals surface area contributed by atoms with Crippen LogP contribution in [0.2, 0.25) is 0 Å². The molecule has 4 rings (SSSR count). The lowest BCUT2D eigenvalue weighted by molar-refractivity contribution is -0.147. The topological polar surface area (TPSA) is 124 Å². The average molecular weight is 610 g/mol. The Kier molecular flexibility index (Phi) is 10.1. The number of ether oxygens (including phenoxy) is 2. The molecular weight excluding hydrogens is 582 g/mol. The Balaban J connectivity index is 1.94. The van der Waals surface area contributed by atoms with Crippen LogP contribution in [0.1, 0.15) is 0 Å². The Labute approximate surface area is 243 Å². The minimum Gasteiger partial charge on any atom is -0.468 e. The zero-order chi connectivity index (χ0) is 30.0. The van der Waals surface area contributed by atoms with E-state index in [1.165, 1.54) is 48.5 Å². The van der Waals surface area contributed by atoms with E-state index in [2.05, 4.69) is 0 Å². The Bertz CT molecular complexity index is 1340. The van der Waals surface area contributed by atoms with Gasteiger partial charge in [-0.2, -0.15) is 0 Å². The number of hydrogen-bond donors (Lipinski definition) is 0. The number of rotatable bonds is 13. The molecule has 0 aliphatic rings. The fourth-order valence-electron chi connectivity index (χ4n) is 3.88. The third-order valence-corrected chi connectivity index (χ3v) is 10.2. The SMILES string of the molecule is COC(=O)C(C(C(=O)OC)P(=O)(Oc1ccccc1)Oc1ccccc1)P(=O)(Oc1ccccc1)Oc1ccccc1. The third kappa shape index (κ3) is 7.40. The first-order valence-corrected chi connectivity index (χ1v) is 15.8. The van der Waals surface area contributed by atoms with Crippen molar-refractivity contribution in [1.29, 1.82) is 0 Å². The van der Waals surface area contributed by atoms with Gasteiger partial charge in [-0.3, -0.25) is 9.59 Å². The summed E-state index contributed by atoms with van der Waals surface area (Å²) in [6.07, 6.45) is 0. The molecular formula is C30H28O10P2. The van der Waals surface area contributed by atoms with Crippen LogP contribution in [-0.2, 0) is 28.2 Å². The Morgan fingerprint density at radius 1 is 0.452 bits per heavy atom. The first-order valence-electron chi connectivity index (χ1n) is 12.6. The lowest BCUT2D eigenvalue weighted by Gasteiger charge is -2.33. The van der Waals surface area contributed by atoms with Gasteiger partial charge in [0.1, 0.15) is 23.0 Å². The maximum atomic E-state index is 14.9. The Morgan fingerprint density at radius 3 is 0.857 bits per heavy atom. The van der Waals surface area contributed by atoms with Gasteiger partial charge in [0.05, 0.1) is 14.2 Å². The average Bonchev–Trinajstić information content (AvgIpc) is 3.00. The molecule has 4 aromatic rings. The predicted molar refractivity (Wildman–Crippen MR) is 155 cm³/mol. The van der Waals surface area contributed by atoms with Gasteiger partial charge in [0.2, 0.25) is 11.3 Å². The fraction of sp³-hybridized carbons (Fsp3) is 0.133. The third-order valence-electron chi connectivity index (χ3n) is 5.77. The van der Waals surface area contributed by atoms with Gasteiger partial charge in [-0.05, 0) is 48.5 Å². The molecule has 0 N–H and O–H groups in total. The van der Waals surface area contributed by atoms with Crippen LogP contribution in [0.5, 0.6) is 23.0 Å². The second-order valence-corrected chi connectivity index (χ2v) is 12.6. The summed E-state index contributed by atoms with van der Waals surface area (Å²) < 4.78 is 63.2. The molecule has 0 aliphatic carbocycles. The van der Waals surface area contributed by atoms with E-state index < -0.39 is 38.4 Å². The van der Waals surface area contributed by atoms with Gasteiger partial charge in [0, 0.05) is 0 Å². The van der Waals surface area contributed by atoms with E-state index in [4.69, 9.17) is 27.6 Å². The fourth-order valence-corrected chi connectivity index (χ4v) is 8.71. The molecule has 12 heteroatoms. The summed E-state index contributed by atoms with van der Waals surface area (Å²) in [5.74, 6) is -2.33. The maximum Gasteiger partial charge on any atom is 0.446 e. The lowest BCUT2D eigenvalue weighted by Crippen LogP contribution is -2.44. The molecule has 2 atom stereocenters. The highest BCUT2D eigenvalue weighted by Gasteiger charge is 2.63. The summed E-state index contributed by atoms with van der Waals surface area (Å²) in [5.41, 5.74) is -4.37. The van der Waals surface area contributed by atoms with E-state index >= 15 is 0 Å². The summed E-state index contributed by atoms with van der Waals surface area (Å²) in [4.78, 5) is 27.1. The minimum atomic E-state index is -4.88. The molecule has 2 unspecified atom stereocenters. The number of para-hydroxylation sites is 4. The van der Waals surface area contributed by atoms with Crippen molar-refractivity contribution in [2.45, 2.75) is 11.3 Å². The molecule has 42 heavy (non-hydrogen) atoms. The van der Waals surface area contributed by atoms with Gasteiger partial charge in [-0.15, -0.1) is 0 Å². The monoisotopic (exact) mass is 610 g/mol. The molecule has 218 valence electrons. The molecule has 0 amide bonds. The standard InChI is InChI=1S/C30H28O10P2/c1-35-29(31)27(41(33,37-23-15-7-3-8-16-23)38-24-17-9-4-10-18-24)28(30(32)36-2)42(34,39-25-19-11-5-12-20-25)40-26-21-13-6-14-22-26/h3-22,27-28H,1-2H3. The molecule has 4 aromatic carbocycles. The predicted octanol–water partition coefficient (Wildman–Crippen LogP) is 6.77. The van der Waals surface area contributed by atoms with Crippen LogP contribution in [-0.4, -0.2) is 37.5 Å². The van der Waals surface area contributed by atoms with Gasteiger partial charge in [0.25, 0.3) is 0 Å². The van der Waals surface area contributed by atoms with Gasteiger partial charge in [0.15, 0.2) is 0 Å². The van der Waals surface area contributed by atoms with Crippen molar-refractivity contribution in [1.82, 2.24) is 0 Å². The highest BCUT2D eigenvalue weighted by Crippen LogP contribution is 2.63. The number of hydrogen-bond acceptors (Lipinski definition) is 10. The molecule has 0 radical (unpaired) electrons. The molecule has 0 fully saturated rings. The lowest BCUT2D eigenvalue weighted by atomic mass is 10.3. The molecule has 0 saturated carbocycles. The first kappa shape index (κ1) is 30.4. The van der Waals surface area contributed by atoms with Crippen molar-refractivity contribution in [3.63, 3.8) is 0 Å². The first-order chi connectivity index (χ1) is 20.3. The molecule has 0 aliphatic heterocycles. The van der Waals surface area contributed by atoms with Crippen LogP contribution in [0, 0.1) is 0 Å². The van der Waals surface area contributed by atoms with Crippen LogP contribution >= 0.6 is 15.2 Å². The van der Waals surface area contributed by atoms with E-state index in [0.29, 0.717) is 0 Å².